The zero-order valence-electron chi connectivity index (χ0n) is 17.9. The summed E-state index contributed by atoms with van der Waals surface area (Å²) in [5, 5.41) is 12.8. The Morgan fingerprint density at radius 3 is 2.34 bits per heavy atom. The molecule has 0 bridgehead atoms. The number of nitrogens with one attached hydrogen (secondary N) is 1. The number of rotatable bonds is 10. The Morgan fingerprint density at radius 1 is 1.21 bits per heavy atom. The molecule has 160 valence electrons. The number of hydrogen-bond acceptors (Lipinski definition) is 5. The van der Waals surface area contributed by atoms with Crippen LogP contribution in [-0.4, -0.2) is 41.0 Å². The van der Waals surface area contributed by atoms with Gasteiger partial charge < -0.3 is 15.2 Å². The molecule has 2 N–H and O–H groups in total. The molecule has 6 heteroatoms. The number of benzene rings is 1. The van der Waals surface area contributed by atoms with E-state index < -0.39 is 22.9 Å². The molecule has 0 saturated heterocycles. The minimum absolute atomic E-state index is 0.347. The number of allylic oxidation sites excluding steroid dienone is 2. The zero-order chi connectivity index (χ0) is 22.0. The smallest absolute Gasteiger partial charge is 0.329 e. The van der Waals surface area contributed by atoms with Gasteiger partial charge >= 0.3 is 5.97 Å². The maximum absolute atomic E-state index is 12.3. The lowest BCUT2D eigenvalue weighted by Crippen LogP contribution is -2.47. The van der Waals surface area contributed by atoms with Crippen LogP contribution >= 0.6 is 12.6 Å². The normalized spacial score (nSPS) is 15.6. The molecule has 0 radical (unpaired) electrons. The van der Waals surface area contributed by atoms with Gasteiger partial charge in [-0.1, -0.05) is 48.1 Å². The third-order valence-electron chi connectivity index (χ3n) is 4.55. The van der Waals surface area contributed by atoms with Crippen LogP contribution in [0.3, 0.4) is 0 Å². The fourth-order valence-corrected chi connectivity index (χ4v) is 3.39. The number of amides is 1. The van der Waals surface area contributed by atoms with E-state index in [1.165, 1.54) is 19.6 Å². The van der Waals surface area contributed by atoms with E-state index >= 15 is 0 Å². The van der Waals surface area contributed by atoms with Crippen molar-refractivity contribution in [1.29, 1.82) is 0 Å². The zero-order valence-corrected chi connectivity index (χ0v) is 18.8. The third-order valence-corrected chi connectivity index (χ3v) is 5.13. The van der Waals surface area contributed by atoms with Gasteiger partial charge in [0.25, 0.3) is 0 Å². The summed E-state index contributed by atoms with van der Waals surface area (Å²) in [6, 6.07) is 8.56. The number of esters is 1. The fraction of sp³-hybridized carbons (Fsp3) is 0.478. The van der Waals surface area contributed by atoms with Gasteiger partial charge in [-0.05, 0) is 51.2 Å². The second-order valence-electron chi connectivity index (χ2n) is 7.69. The summed E-state index contributed by atoms with van der Waals surface area (Å²) in [4.78, 5) is 23.9. The number of aliphatic hydroxyl groups is 1. The van der Waals surface area contributed by atoms with Gasteiger partial charge in [-0.3, -0.25) is 4.79 Å². The van der Waals surface area contributed by atoms with E-state index in [2.05, 4.69) is 24.0 Å². The third kappa shape index (κ3) is 8.88. The lowest BCUT2D eigenvalue weighted by atomic mass is 9.90. The van der Waals surface area contributed by atoms with Crippen LogP contribution in [0.2, 0.25) is 0 Å². The molecule has 29 heavy (non-hydrogen) atoms. The summed E-state index contributed by atoms with van der Waals surface area (Å²) in [6.07, 6.45) is 5.78. The van der Waals surface area contributed by atoms with Crippen molar-refractivity contribution in [2.45, 2.75) is 63.9 Å². The Kier molecular flexibility index (Phi) is 10.2. The standard InChI is InChI=1S/C23H33NO4S/c1-16(2)10-9-14-23(4,27)15-13-19(18-11-7-6-8-12-18)21(29)20(22(26)28-5)24-17(3)25/h6-8,10-13,20-21,27,29H,9,14-15H2,1-5H3,(H,24,25)/t20-,21+,23-/m0/s1. The Hall–Kier alpha value is -2.05. The van der Waals surface area contributed by atoms with Gasteiger partial charge in [0, 0.05) is 6.92 Å². The quantitative estimate of drug-likeness (QED) is 0.305. The van der Waals surface area contributed by atoms with Gasteiger partial charge in [0.1, 0.15) is 6.04 Å². The Labute approximate surface area is 179 Å². The van der Waals surface area contributed by atoms with Crippen LogP contribution in [0.4, 0.5) is 0 Å². The Balaban J connectivity index is 3.19. The fourth-order valence-electron chi connectivity index (χ4n) is 2.94. The first-order valence-corrected chi connectivity index (χ1v) is 10.2. The highest BCUT2D eigenvalue weighted by Crippen LogP contribution is 2.29. The van der Waals surface area contributed by atoms with Crippen molar-refractivity contribution < 1.29 is 19.4 Å². The molecule has 3 atom stereocenters. The van der Waals surface area contributed by atoms with Crippen molar-refractivity contribution in [3.05, 3.63) is 53.6 Å². The van der Waals surface area contributed by atoms with E-state index in [4.69, 9.17) is 4.74 Å². The van der Waals surface area contributed by atoms with Gasteiger partial charge in [0.2, 0.25) is 5.91 Å². The lowest BCUT2D eigenvalue weighted by Gasteiger charge is -2.26. The van der Waals surface area contributed by atoms with Gasteiger partial charge in [-0.25, -0.2) is 4.79 Å². The Morgan fingerprint density at radius 2 is 1.83 bits per heavy atom. The van der Waals surface area contributed by atoms with Crippen LogP contribution < -0.4 is 5.32 Å². The van der Waals surface area contributed by atoms with Crippen LogP contribution in [0.15, 0.2) is 48.1 Å². The molecule has 0 aromatic heterocycles. The van der Waals surface area contributed by atoms with E-state index in [1.807, 2.05) is 50.3 Å². The molecule has 1 rings (SSSR count). The molecule has 0 spiro atoms. The summed E-state index contributed by atoms with van der Waals surface area (Å²) < 4.78 is 4.86. The molecular weight excluding hydrogens is 386 g/mol. The van der Waals surface area contributed by atoms with Crippen molar-refractivity contribution in [2.75, 3.05) is 7.11 Å². The van der Waals surface area contributed by atoms with E-state index in [0.29, 0.717) is 12.8 Å². The SMILES string of the molecule is COC(=O)[C@@H](NC(C)=O)[C@H](S)C(=CC[C@@](C)(O)CCC=C(C)C)c1ccccc1. The van der Waals surface area contributed by atoms with Crippen molar-refractivity contribution in [2.24, 2.45) is 0 Å². The summed E-state index contributed by atoms with van der Waals surface area (Å²) in [5.41, 5.74) is 1.93. The van der Waals surface area contributed by atoms with Crippen LogP contribution in [0.1, 0.15) is 52.5 Å². The summed E-state index contributed by atoms with van der Waals surface area (Å²) >= 11 is 4.65. The molecule has 0 saturated carbocycles. The highest BCUT2D eigenvalue weighted by atomic mass is 32.1. The van der Waals surface area contributed by atoms with E-state index in [-0.39, 0.29) is 5.91 Å². The number of methoxy groups -OCH3 is 1. The first kappa shape index (κ1) is 25.0. The summed E-state index contributed by atoms with van der Waals surface area (Å²) in [6.45, 7) is 7.20. The van der Waals surface area contributed by atoms with E-state index in [0.717, 1.165) is 17.6 Å². The monoisotopic (exact) mass is 419 g/mol. The number of thiol groups is 1. The van der Waals surface area contributed by atoms with Crippen LogP contribution in [0, 0.1) is 0 Å². The Bertz CT molecular complexity index is 737. The molecule has 0 unspecified atom stereocenters. The molecule has 0 aliphatic rings. The highest BCUT2D eigenvalue weighted by Gasteiger charge is 2.31. The lowest BCUT2D eigenvalue weighted by molar-refractivity contribution is -0.144. The van der Waals surface area contributed by atoms with Crippen LogP contribution in [0.25, 0.3) is 5.57 Å². The molecule has 5 nitrogen and oxygen atoms in total. The van der Waals surface area contributed by atoms with Gasteiger partial charge in [0.15, 0.2) is 0 Å². The molecule has 1 aromatic rings. The molecule has 0 heterocycles. The van der Waals surface area contributed by atoms with Crippen molar-refractivity contribution >= 4 is 30.1 Å². The first-order valence-electron chi connectivity index (χ1n) is 9.71. The minimum Gasteiger partial charge on any atom is -0.467 e. The van der Waals surface area contributed by atoms with Crippen molar-refractivity contribution in [3.8, 4) is 0 Å². The molecular formula is C23H33NO4S. The predicted molar refractivity (Wildman–Crippen MR) is 121 cm³/mol. The number of carbonyl (C=O) groups is 2. The maximum atomic E-state index is 12.3. The second-order valence-corrected chi connectivity index (χ2v) is 8.25. The largest absolute Gasteiger partial charge is 0.467 e. The topological polar surface area (TPSA) is 75.6 Å². The number of ether oxygens (including phenoxy) is 1. The minimum atomic E-state index is -0.942. The molecule has 1 amide bonds. The summed E-state index contributed by atoms with van der Waals surface area (Å²) in [5.74, 6) is -0.919. The van der Waals surface area contributed by atoms with Crippen molar-refractivity contribution in [3.63, 3.8) is 0 Å². The van der Waals surface area contributed by atoms with Gasteiger partial charge in [-0.15, -0.1) is 0 Å². The van der Waals surface area contributed by atoms with E-state index in [9.17, 15) is 14.7 Å². The maximum Gasteiger partial charge on any atom is 0.329 e. The first-order chi connectivity index (χ1) is 13.6. The highest BCUT2D eigenvalue weighted by molar-refractivity contribution is 7.81. The average molecular weight is 420 g/mol. The molecule has 0 aliphatic carbocycles. The molecule has 0 fully saturated rings. The average Bonchev–Trinajstić information content (AvgIpc) is 2.65. The number of carbonyl (C=O) groups excluding carboxylic acids is 2. The molecule has 1 aromatic carbocycles. The van der Waals surface area contributed by atoms with Crippen LogP contribution in [0.5, 0.6) is 0 Å². The molecule has 0 aliphatic heterocycles. The van der Waals surface area contributed by atoms with Gasteiger partial charge in [0.05, 0.1) is 18.0 Å². The van der Waals surface area contributed by atoms with Crippen molar-refractivity contribution in [1.82, 2.24) is 5.32 Å². The number of hydrogen-bond donors (Lipinski definition) is 3. The predicted octanol–water partition coefficient (Wildman–Crippen LogP) is 3.93. The van der Waals surface area contributed by atoms with Gasteiger partial charge in [-0.2, -0.15) is 12.6 Å². The van der Waals surface area contributed by atoms with Crippen LogP contribution in [-0.2, 0) is 14.3 Å². The summed E-state index contributed by atoms with van der Waals surface area (Å²) in [7, 11) is 1.28. The second kappa shape index (κ2) is 11.8. The van der Waals surface area contributed by atoms with E-state index in [1.54, 1.807) is 6.92 Å².